The van der Waals surface area contributed by atoms with E-state index < -0.39 is 5.91 Å². The first-order chi connectivity index (χ1) is 9.25. The first kappa shape index (κ1) is 14.0. The van der Waals surface area contributed by atoms with Crippen LogP contribution in [0.15, 0.2) is 24.3 Å². The summed E-state index contributed by atoms with van der Waals surface area (Å²) in [6, 6.07) is 7.27. The van der Waals surface area contributed by atoms with Gasteiger partial charge in [-0.3, -0.25) is 4.79 Å². The molecule has 1 atom stereocenters. The van der Waals surface area contributed by atoms with Crippen LogP contribution in [0.1, 0.15) is 35.2 Å². The summed E-state index contributed by atoms with van der Waals surface area (Å²) in [6.45, 7) is 3.67. The molecular formula is C15H22N2O2. The van der Waals surface area contributed by atoms with E-state index in [0.717, 1.165) is 37.6 Å². The lowest BCUT2D eigenvalue weighted by Gasteiger charge is -2.22. The van der Waals surface area contributed by atoms with Gasteiger partial charge in [0, 0.05) is 12.2 Å². The maximum absolute atomic E-state index is 10.9. The molecular weight excluding hydrogens is 240 g/mol. The summed E-state index contributed by atoms with van der Waals surface area (Å²) in [5, 5.41) is 3.41. The van der Waals surface area contributed by atoms with Crippen molar-refractivity contribution in [3.8, 4) is 0 Å². The quantitative estimate of drug-likeness (QED) is 0.767. The van der Waals surface area contributed by atoms with E-state index >= 15 is 0 Å². The van der Waals surface area contributed by atoms with E-state index in [9.17, 15) is 4.79 Å². The van der Waals surface area contributed by atoms with E-state index in [4.69, 9.17) is 10.5 Å². The van der Waals surface area contributed by atoms with Crippen molar-refractivity contribution in [2.24, 2.45) is 11.7 Å². The number of hydrogen-bond donors (Lipinski definition) is 2. The Morgan fingerprint density at radius 3 is 2.79 bits per heavy atom. The van der Waals surface area contributed by atoms with Crippen LogP contribution in [-0.2, 0) is 11.3 Å². The molecule has 1 unspecified atom stereocenters. The zero-order valence-electron chi connectivity index (χ0n) is 11.2. The molecule has 1 amide bonds. The minimum atomic E-state index is -0.391. The smallest absolute Gasteiger partial charge is 0.248 e. The second-order valence-corrected chi connectivity index (χ2v) is 5.11. The van der Waals surface area contributed by atoms with E-state index in [2.05, 4.69) is 5.32 Å². The minimum absolute atomic E-state index is 0.391. The number of amides is 1. The molecule has 3 N–H and O–H groups in total. The molecule has 19 heavy (non-hydrogen) atoms. The largest absolute Gasteiger partial charge is 0.377 e. The molecule has 0 radical (unpaired) electrons. The molecule has 4 nitrogen and oxygen atoms in total. The van der Waals surface area contributed by atoms with Gasteiger partial charge < -0.3 is 15.8 Å². The number of hydrogen-bond acceptors (Lipinski definition) is 3. The molecule has 104 valence electrons. The third-order valence-corrected chi connectivity index (χ3v) is 3.58. The van der Waals surface area contributed by atoms with Crippen molar-refractivity contribution < 1.29 is 9.53 Å². The first-order valence-corrected chi connectivity index (χ1v) is 6.93. The molecule has 1 fully saturated rings. The summed E-state index contributed by atoms with van der Waals surface area (Å²) in [5.74, 6) is 0.364. The summed E-state index contributed by atoms with van der Waals surface area (Å²) >= 11 is 0. The van der Waals surface area contributed by atoms with Crippen LogP contribution in [0.3, 0.4) is 0 Å². The van der Waals surface area contributed by atoms with Gasteiger partial charge in [0.2, 0.25) is 5.91 Å². The Bertz CT molecular complexity index is 397. The second-order valence-electron chi connectivity index (χ2n) is 5.11. The number of carbonyl (C=O) groups excluding carboxylic acids is 1. The Morgan fingerprint density at radius 2 is 2.16 bits per heavy atom. The molecule has 1 aliphatic heterocycles. The number of primary amides is 1. The van der Waals surface area contributed by atoms with E-state index in [1.54, 1.807) is 12.1 Å². The molecule has 0 saturated carbocycles. The molecule has 0 bridgehead atoms. The van der Waals surface area contributed by atoms with Crippen molar-refractivity contribution in [1.29, 1.82) is 0 Å². The molecule has 1 heterocycles. The zero-order chi connectivity index (χ0) is 13.5. The zero-order valence-corrected chi connectivity index (χ0v) is 11.2. The average molecular weight is 262 g/mol. The van der Waals surface area contributed by atoms with E-state index in [-0.39, 0.29) is 0 Å². The van der Waals surface area contributed by atoms with Crippen LogP contribution in [0.5, 0.6) is 0 Å². The van der Waals surface area contributed by atoms with Gasteiger partial charge in [-0.15, -0.1) is 0 Å². The maximum atomic E-state index is 10.9. The van der Waals surface area contributed by atoms with Crippen LogP contribution in [0.25, 0.3) is 0 Å². The highest BCUT2D eigenvalue weighted by Crippen LogP contribution is 2.14. The third kappa shape index (κ3) is 4.65. The van der Waals surface area contributed by atoms with Crippen LogP contribution in [0.2, 0.25) is 0 Å². The highest BCUT2D eigenvalue weighted by molar-refractivity contribution is 5.92. The molecule has 0 spiro atoms. The monoisotopic (exact) mass is 262 g/mol. The predicted molar refractivity (Wildman–Crippen MR) is 74.8 cm³/mol. The summed E-state index contributed by atoms with van der Waals surface area (Å²) in [7, 11) is 0. The first-order valence-electron chi connectivity index (χ1n) is 6.93. The number of ether oxygens (including phenoxy) is 1. The predicted octanol–water partition coefficient (Wildman–Crippen LogP) is 1.69. The van der Waals surface area contributed by atoms with Crippen molar-refractivity contribution in [2.45, 2.75) is 25.9 Å². The minimum Gasteiger partial charge on any atom is -0.377 e. The van der Waals surface area contributed by atoms with Gasteiger partial charge >= 0.3 is 0 Å². The van der Waals surface area contributed by atoms with Gasteiger partial charge in [-0.05, 0) is 56.0 Å². The van der Waals surface area contributed by atoms with Crippen molar-refractivity contribution in [3.05, 3.63) is 35.4 Å². The molecule has 0 aromatic heterocycles. The third-order valence-electron chi connectivity index (χ3n) is 3.58. The van der Waals surface area contributed by atoms with Crippen molar-refractivity contribution in [1.82, 2.24) is 5.32 Å². The van der Waals surface area contributed by atoms with Crippen LogP contribution in [0.4, 0.5) is 0 Å². The van der Waals surface area contributed by atoms with E-state index in [1.807, 2.05) is 12.1 Å². The Hall–Kier alpha value is -1.39. The highest BCUT2D eigenvalue weighted by atomic mass is 16.5. The van der Waals surface area contributed by atoms with Gasteiger partial charge in [0.15, 0.2) is 0 Å². The number of nitrogens with two attached hydrogens (primary N) is 1. The number of rotatable bonds is 6. The number of carbonyl (C=O) groups is 1. The Balaban J connectivity index is 1.66. The number of nitrogens with one attached hydrogen (secondary N) is 1. The van der Waals surface area contributed by atoms with Crippen molar-refractivity contribution in [3.63, 3.8) is 0 Å². The van der Waals surface area contributed by atoms with Crippen LogP contribution < -0.4 is 11.1 Å². The lowest BCUT2D eigenvalue weighted by atomic mass is 9.97. The molecule has 0 aliphatic carbocycles. The normalized spacial score (nSPS) is 19.3. The molecule has 4 heteroatoms. The SMILES string of the molecule is NC(=O)c1ccc(COCCC2CCCNC2)cc1. The van der Waals surface area contributed by atoms with Gasteiger partial charge in [-0.1, -0.05) is 12.1 Å². The standard InChI is InChI=1S/C15H22N2O2/c16-15(18)14-5-3-13(4-6-14)11-19-9-7-12-2-1-8-17-10-12/h3-6,12,17H,1-2,7-11H2,(H2,16,18). The molecule has 2 rings (SSSR count). The van der Waals surface area contributed by atoms with Crippen LogP contribution in [0, 0.1) is 5.92 Å². The van der Waals surface area contributed by atoms with Gasteiger partial charge in [-0.2, -0.15) is 0 Å². The number of benzene rings is 1. The molecule has 1 aromatic rings. The number of piperidine rings is 1. The summed E-state index contributed by atoms with van der Waals surface area (Å²) in [4.78, 5) is 10.9. The topological polar surface area (TPSA) is 64.4 Å². The van der Waals surface area contributed by atoms with Crippen LogP contribution >= 0.6 is 0 Å². The highest BCUT2D eigenvalue weighted by Gasteiger charge is 2.12. The fourth-order valence-electron chi connectivity index (χ4n) is 2.38. The molecule has 1 aliphatic rings. The van der Waals surface area contributed by atoms with Gasteiger partial charge in [0.25, 0.3) is 0 Å². The lowest BCUT2D eigenvalue weighted by Crippen LogP contribution is -2.30. The molecule has 1 aromatic carbocycles. The van der Waals surface area contributed by atoms with Crippen molar-refractivity contribution in [2.75, 3.05) is 19.7 Å². The van der Waals surface area contributed by atoms with E-state index in [1.165, 1.54) is 12.8 Å². The lowest BCUT2D eigenvalue weighted by molar-refractivity contribution is 0.0997. The summed E-state index contributed by atoms with van der Waals surface area (Å²) < 4.78 is 5.68. The van der Waals surface area contributed by atoms with Gasteiger partial charge in [-0.25, -0.2) is 0 Å². The van der Waals surface area contributed by atoms with E-state index in [0.29, 0.717) is 12.2 Å². The molecule has 1 saturated heterocycles. The summed E-state index contributed by atoms with van der Waals surface area (Å²) in [6.07, 6.45) is 3.70. The Morgan fingerprint density at radius 1 is 1.37 bits per heavy atom. The Kier molecular flexibility index (Phi) is 5.36. The average Bonchev–Trinajstić information content (AvgIpc) is 2.45. The van der Waals surface area contributed by atoms with Gasteiger partial charge in [0.05, 0.1) is 6.61 Å². The van der Waals surface area contributed by atoms with Crippen molar-refractivity contribution >= 4 is 5.91 Å². The van der Waals surface area contributed by atoms with Crippen LogP contribution in [-0.4, -0.2) is 25.6 Å². The van der Waals surface area contributed by atoms with Gasteiger partial charge in [0.1, 0.15) is 0 Å². The summed E-state index contributed by atoms with van der Waals surface area (Å²) in [5.41, 5.74) is 6.81. The maximum Gasteiger partial charge on any atom is 0.248 e. The second kappa shape index (κ2) is 7.26. The fourth-order valence-corrected chi connectivity index (χ4v) is 2.38. The fraction of sp³-hybridized carbons (Fsp3) is 0.533. The Labute approximate surface area is 114 Å².